The highest BCUT2D eigenvalue weighted by atomic mass is 16.3. The molecule has 17 heavy (non-hydrogen) atoms. The van der Waals surface area contributed by atoms with Crippen molar-refractivity contribution in [3.05, 3.63) is 0 Å². The van der Waals surface area contributed by atoms with Gasteiger partial charge in [0.05, 0.1) is 13.2 Å². The van der Waals surface area contributed by atoms with E-state index in [-0.39, 0.29) is 18.1 Å². The number of carbonyl (C=O) groups excluding carboxylic acids is 1. The molecule has 1 rings (SSSR count). The predicted octanol–water partition coefficient (Wildman–Crippen LogP) is 1.19. The Kier molecular flexibility index (Phi) is 5.92. The molecule has 1 amide bonds. The largest absolute Gasteiger partial charge is 0.394 e. The third-order valence-corrected chi connectivity index (χ3v) is 3.78. The first-order valence-corrected chi connectivity index (χ1v) is 6.75. The first-order chi connectivity index (χ1) is 8.09. The van der Waals surface area contributed by atoms with Gasteiger partial charge in [-0.1, -0.05) is 26.2 Å². The lowest BCUT2D eigenvalue weighted by atomic mass is 9.95. The van der Waals surface area contributed by atoms with Gasteiger partial charge in [0.25, 0.3) is 0 Å². The zero-order valence-corrected chi connectivity index (χ0v) is 11.1. The van der Waals surface area contributed by atoms with E-state index in [1.165, 1.54) is 19.3 Å². The van der Waals surface area contributed by atoms with E-state index in [1.807, 2.05) is 13.8 Å². The second kappa shape index (κ2) is 6.97. The summed E-state index contributed by atoms with van der Waals surface area (Å²) >= 11 is 0. The van der Waals surface area contributed by atoms with E-state index in [0.29, 0.717) is 12.6 Å². The van der Waals surface area contributed by atoms with Crippen molar-refractivity contribution in [3.63, 3.8) is 0 Å². The van der Waals surface area contributed by atoms with Crippen LogP contribution in [-0.2, 0) is 4.79 Å². The van der Waals surface area contributed by atoms with Crippen LogP contribution in [0.25, 0.3) is 0 Å². The van der Waals surface area contributed by atoms with E-state index < -0.39 is 0 Å². The smallest absolute Gasteiger partial charge is 0.234 e. The summed E-state index contributed by atoms with van der Waals surface area (Å²) in [6.45, 7) is 4.28. The highest BCUT2D eigenvalue weighted by Crippen LogP contribution is 2.17. The van der Waals surface area contributed by atoms with Crippen LogP contribution in [0.2, 0.25) is 0 Å². The zero-order valence-electron chi connectivity index (χ0n) is 11.1. The molecule has 100 valence electrons. The van der Waals surface area contributed by atoms with Gasteiger partial charge in [-0.05, 0) is 26.2 Å². The normalized spacial score (nSPS) is 20.9. The zero-order chi connectivity index (χ0) is 12.7. The van der Waals surface area contributed by atoms with E-state index in [0.717, 1.165) is 19.3 Å². The van der Waals surface area contributed by atoms with Crippen LogP contribution in [0, 0.1) is 0 Å². The fourth-order valence-electron chi connectivity index (χ4n) is 2.11. The minimum atomic E-state index is -0.343. The van der Waals surface area contributed by atoms with Gasteiger partial charge in [0.15, 0.2) is 0 Å². The summed E-state index contributed by atoms with van der Waals surface area (Å²) in [5.74, 6) is 0.0463. The SMILES string of the molecule is CCC(C)(CO)NCC(=O)NC1CCCCC1. The number of amides is 1. The Hall–Kier alpha value is -0.610. The highest BCUT2D eigenvalue weighted by Gasteiger charge is 2.22. The monoisotopic (exact) mass is 242 g/mol. The van der Waals surface area contributed by atoms with Gasteiger partial charge in [0.1, 0.15) is 0 Å². The average Bonchev–Trinajstić information content (AvgIpc) is 2.37. The molecule has 3 N–H and O–H groups in total. The summed E-state index contributed by atoms with van der Waals surface area (Å²) < 4.78 is 0. The lowest BCUT2D eigenvalue weighted by molar-refractivity contribution is -0.121. The Morgan fingerprint density at radius 3 is 2.53 bits per heavy atom. The topological polar surface area (TPSA) is 61.4 Å². The standard InChI is InChI=1S/C13H26N2O2/c1-3-13(2,10-16)14-9-12(17)15-11-7-5-4-6-8-11/h11,14,16H,3-10H2,1-2H3,(H,15,17). The molecule has 1 unspecified atom stereocenters. The van der Waals surface area contributed by atoms with E-state index in [2.05, 4.69) is 10.6 Å². The molecule has 0 aromatic carbocycles. The maximum absolute atomic E-state index is 11.7. The van der Waals surface area contributed by atoms with Gasteiger partial charge in [-0.2, -0.15) is 0 Å². The molecule has 0 aromatic heterocycles. The Labute approximate surface area is 104 Å². The van der Waals surface area contributed by atoms with E-state index >= 15 is 0 Å². The molecule has 0 heterocycles. The van der Waals surface area contributed by atoms with Crippen molar-refractivity contribution < 1.29 is 9.90 Å². The first-order valence-electron chi connectivity index (χ1n) is 6.75. The summed E-state index contributed by atoms with van der Waals surface area (Å²) in [6, 6.07) is 0.361. The Morgan fingerprint density at radius 1 is 1.35 bits per heavy atom. The van der Waals surface area contributed by atoms with Gasteiger partial charge in [0, 0.05) is 11.6 Å². The van der Waals surface area contributed by atoms with Crippen LogP contribution in [0.1, 0.15) is 52.4 Å². The summed E-state index contributed by atoms with van der Waals surface area (Å²) in [6.07, 6.45) is 6.76. The Balaban J connectivity index is 2.24. The van der Waals surface area contributed by atoms with Gasteiger partial charge in [-0.15, -0.1) is 0 Å². The molecular weight excluding hydrogens is 216 g/mol. The molecule has 0 aromatic rings. The molecule has 0 saturated heterocycles. The molecule has 1 aliphatic carbocycles. The minimum Gasteiger partial charge on any atom is -0.394 e. The number of aliphatic hydroxyl groups is 1. The van der Waals surface area contributed by atoms with E-state index in [1.54, 1.807) is 0 Å². The molecule has 4 heteroatoms. The number of nitrogens with one attached hydrogen (secondary N) is 2. The van der Waals surface area contributed by atoms with Crippen molar-refractivity contribution in [2.75, 3.05) is 13.2 Å². The van der Waals surface area contributed by atoms with Crippen molar-refractivity contribution in [2.45, 2.75) is 64.0 Å². The summed E-state index contributed by atoms with van der Waals surface area (Å²) in [5.41, 5.74) is -0.343. The van der Waals surface area contributed by atoms with Crippen molar-refractivity contribution in [1.82, 2.24) is 10.6 Å². The van der Waals surface area contributed by atoms with Crippen LogP contribution in [0.4, 0.5) is 0 Å². The molecule has 0 radical (unpaired) electrons. The Morgan fingerprint density at radius 2 is 2.00 bits per heavy atom. The van der Waals surface area contributed by atoms with Gasteiger partial charge in [0.2, 0.25) is 5.91 Å². The lowest BCUT2D eigenvalue weighted by Crippen LogP contribution is -2.50. The van der Waals surface area contributed by atoms with Crippen molar-refractivity contribution in [2.24, 2.45) is 0 Å². The fraction of sp³-hybridized carbons (Fsp3) is 0.923. The minimum absolute atomic E-state index is 0.0463. The number of aliphatic hydroxyl groups excluding tert-OH is 1. The van der Waals surface area contributed by atoms with Gasteiger partial charge < -0.3 is 15.7 Å². The maximum Gasteiger partial charge on any atom is 0.234 e. The number of hydrogen-bond acceptors (Lipinski definition) is 3. The Bertz CT molecular complexity index is 234. The quantitative estimate of drug-likeness (QED) is 0.655. The van der Waals surface area contributed by atoms with Crippen LogP contribution in [0.5, 0.6) is 0 Å². The first kappa shape index (κ1) is 14.5. The second-order valence-electron chi connectivity index (χ2n) is 5.33. The molecular formula is C13H26N2O2. The third-order valence-electron chi connectivity index (χ3n) is 3.78. The molecule has 1 aliphatic rings. The van der Waals surface area contributed by atoms with Crippen LogP contribution in [0.15, 0.2) is 0 Å². The molecule has 0 aliphatic heterocycles. The predicted molar refractivity (Wildman–Crippen MR) is 68.8 cm³/mol. The van der Waals surface area contributed by atoms with Crippen molar-refractivity contribution >= 4 is 5.91 Å². The lowest BCUT2D eigenvalue weighted by Gasteiger charge is -2.28. The van der Waals surface area contributed by atoms with Crippen LogP contribution >= 0.6 is 0 Å². The summed E-state index contributed by atoms with van der Waals surface area (Å²) in [7, 11) is 0. The van der Waals surface area contributed by atoms with Gasteiger partial charge in [-0.3, -0.25) is 4.79 Å². The summed E-state index contributed by atoms with van der Waals surface area (Å²) in [5, 5.41) is 15.4. The van der Waals surface area contributed by atoms with Crippen molar-refractivity contribution in [1.29, 1.82) is 0 Å². The average molecular weight is 242 g/mol. The molecule has 4 nitrogen and oxygen atoms in total. The van der Waals surface area contributed by atoms with Gasteiger partial charge >= 0.3 is 0 Å². The molecule has 0 bridgehead atoms. The van der Waals surface area contributed by atoms with E-state index in [4.69, 9.17) is 0 Å². The second-order valence-corrected chi connectivity index (χ2v) is 5.33. The van der Waals surface area contributed by atoms with Crippen LogP contribution in [-0.4, -0.2) is 35.7 Å². The number of rotatable bonds is 6. The number of carbonyl (C=O) groups is 1. The van der Waals surface area contributed by atoms with Gasteiger partial charge in [-0.25, -0.2) is 0 Å². The van der Waals surface area contributed by atoms with E-state index in [9.17, 15) is 9.90 Å². The molecule has 1 saturated carbocycles. The third kappa shape index (κ3) is 5.04. The molecule has 1 atom stereocenters. The summed E-state index contributed by atoms with van der Waals surface area (Å²) in [4.78, 5) is 11.7. The molecule has 0 spiro atoms. The maximum atomic E-state index is 11.7. The number of hydrogen-bond donors (Lipinski definition) is 3. The molecule has 1 fully saturated rings. The van der Waals surface area contributed by atoms with Crippen LogP contribution in [0.3, 0.4) is 0 Å². The highest BCUT2D eigenvalue weighted by molar-refractivity contribution is 5.78. The fourth-order valence-corrected chi connectivity index (χ4v) is 2.11. The van der Waals surface area contributed by atoms with Crippen LogP contribution < -0.4 is 10.6 Å². The van der Waals surface area contributed by atoms with Crippen molar-refractivity contribution in [3.8, 4) is 0 Å².